The summed E-state index contributed by atoms with van der Waals surface area (Å²) in [6.07, 6.45) is 4.33. The van der Waals surface area contributed by atoms with Gasteiger partial charge in [0.15, 0.2) is 0 Å². The first kappa shape index (κ1) is 13.0. The molecule has 17 heavy (non-hydrogen) atoms. The van der Waals surface area contributed by atoms with E-state index in [4.69, 9.17) is 14.5 Å². The van der Waals surface area contributed by atoms with Crippen LogP contribution < -0.4 is 0 Å². The minimum Gasteiger partial charge on any atom is -0.312 e. The van der Waals surface area contributed by atoms with Crippen molar-refractivity contribution in [2.24, 2.45) is 5.41 Å². The Morgan fingerprint density at radius 2 is 1.94 bits per heavy atom. The fourth-order valence-electron chi connectivity index (χ4n) is 3.05. The van der Waals surface area contributed by atoms with E-state index in [0.29, 0.717) is 6.42 Å². The van der Waals surface area contributed by atoms with E-state index in [0.717, 1.165) is 25.7 Å². The molecule has 0 N–H and O–H groups in total. The van der Waals surface area contributed by atoms with Gasteiger partial charge in [0.05, 0.1) is 5.41 Å². The van der Waals surface area contributed by atoms with Gasteiger partial charge in [-0.1, -0.05) is 19.8 Å². The van der Waals surface area contributed by atoms with E-state index in [-0.39, 0.29) is 5.78 Å². The average Bonchev–Trinajstić information content (AvgIpc) is 2.51. The maximum atomic E-state index is 12.1. The summed E-state index contributed by atoms with van der Waals surface area (Å²) in [6.45, 7) is 7.45. The smallest absolute Gasteiger partial charge is 0.214 e. The summed E-state index contributed by atoms with van der Waals surface area (Å²) >= 11 is 0. The lowest BCUT2D eigenvalue weighted by atomic mass is 9.67. The topological polar surface area (TPSA) is 44.8 Å². The molecule has 0 aromatic carbocycles. The molecule has 3 atom stereocenters. The van der Waals surface area contributed by atoms with Crippen molar-refractivity contribution in [2.45, 2.75) is 71.4 Å². The number of ketones is 1. The van der Waals surface area contributed by atoms with Crippen LogP contribution in [-0.4, -0.2) is 17.4 Å². The lowest BCUT2D eigenvalue weighted by Crippen LogP contribution is -2.56. The largest absolute Gasteiger partial charge is 0.312 e. The fourth-order valence-corrected chi connectivity index (χ4v) is 3.05. The Balaban J connectivity index is 2.30. The van der Waals surface area contributed by atoms with Crippen LogP contribution in [0.5, 0.6) is 0 Å². The lowest BCUT2D eigenvalue weighted by Gasteiger charge is -2.45. The highest BCUT2D eigenvalue weighted by molar-refractivity contribution is 5.83. The van der Waals surface area contributed by atoms with Crippen LogP contribution in [-0.2, 0) is 19.3 Å². The molecule has 2 rings (SSSR count). The molecular formula is C13H22O4. The summed E-state index contributed by atoms with van der Waals surface area (Å²) < 4.78 is 5.88. The molecule has 98 valence electrons. The van der Waals surface area contributed by atoms with Gasteiger partial charge in [0.2, 0.25) is 11.6 Å². The third-order valence-electron chi connectivity index (χ3n) is 4.29. The van der Waals surface area contributed by atoms with Crippen molar-refractivity contribution in [3.05, 3.63) is 0 Å². The van der Waals surface area contributed by atoms with Gasteiger partial charge >= 0.3 is 0 Å². The molecule has 4 nitrogen and oxygen atoms in total. The first-order valence-corrected chi connectivity index (χ1v) is 6.46. The quantitative estimate of drug-likeness (QED) is 0.711. The zero-order chi connectivity index (χ0) is 12.7. The second kappa shape index (κ2) is 4.04. The molecule has 0 unspecified atom stereocenters. The van der Waals surface area contributed by atoms with Crippen molar-refractivity contribution in [2.75, 3.05) is 0 Å². The third-order valence-corrected chi connectivity index (χ3v) is 4.29. The van der Waals surface area contributed by atoms with Crippen molar-refractivity contribution in [3.63, 3.8) is 0 Å². The molecule has 2 heterocycles. The molecule has 0 amide bonds. The molecule has 0 saturated carbocycles. The molecule has 2 aliphatic rings. The minimum atomic E-state index is -0.930. The van der Waals surface area contributed by atoms with Gasteiger partial charge in [-0.05, 0) is 33.6 Å². The second-order valence-electron chi connectivity index (χ2n) is 5.59. The van der Waals surface area contributed by atoms with Crippen molar-refractivity contribution < 1.29 is 19.3 Å². The number of unbranched alkanes of at least 4 members (excludes halogenated alkanes) is 1. The standard InChI is InChI=1S/C13H22O4/c1-5-6-7-13(10(2)14)9-8-11(3)15-12(13,4)17-16-11/h5-9H2,1-4H3/t11-,12+,13+/m0/s1. The minimum absolute atomic E-state index is 0.140. The fraction of sp³-hybridized carbons (Fsp3) is 0.923. The van der Waals surface area contributed by atoms with Gasteiger partial charge in [0, 0.05) is 6.42 Å². The number of fused-ring (bicyclic) bond motifs is 2. The summed E-state index contributed by atoms with van der Waals surface area (Å²) in [4.78, 5) is 22.8. The number of ether oxygens (including phenoxy) is 1. The molecule has 0 aromatic rings. The Bertz CT molecular complexity index is 329. The molecule has 2 aliphatic heterocycles. The van der Waals surface area contributed by atoms with Crippen LogP contribution in [0, 0.1) is 5.41 Å². The number of rotatable bonds is 4. The highest BCUT2D eigenvalue weighted by atomic mass is 17.3. The van der Waals surface area contributed by atoms with Crippen LogP contribution in [0.3, 0.4) is 0 Å². The van der Waals surface area contributed by atoms with E-state index in [2.05, 4.69) is 6.92 Å². The third kappa shape index (κ3) is 1.83. The van der Waals surface area contributed by atoms with Crippen LogP contribution in [0.2, 0.25) is 0 Å². The SMILES string of the molecule is CCCC[C@]1(C(C)=O)CC[C@]2(C)OO[C@@]1(C)O2. The van der Waals surface area contributed by atoms with Crippen LogP contribution in [0.4, 0.5) is 0 Å². The molecule has 0 aromatic heterocycles. The van der Waals surface area contributed by atoms with E-state index < -0.39 is 17.0 Å². The first-order valence-electron chi connectivity index (χ1n) is 6.46. The summed E-state index contributed by atoms with van der Waals surface area (Å²) in [5, 5.41) is 0. The van der Waals surface area contributed by atoms with E-state index in [1.807, 2.05) is 13.8 Å². The predicted octanol–water partition coefficient (Wildman–Crippen LogP) is 2.96. The van der Waals surface area contributed by atoms with Gasteiger partial charge in [0.1, 0.15) is 5.78 Å². The van der Waals surface area contributed by atoms with E-state index >= 15 is 0 Å². The molecule has 2 bridgehead atoms. The van der Waals surface area contributed by atoms with E-state index in [1.165, 1.54) is 0 Å². The summed E-state index contributed by atoms with van der Waals surface area (Å²) in [7, 11) is 0. The van der Waals surface area contributed by atoms with E-state index in [9.17, 15) is 4.79 Å². The molecule has 0 spiro atoms. The highest BCUT2D eigenvalue weighted by Gasteiger charge is 2.65. The number of carbonyl (C=O) groups is 1. The van der Waals surface area contributed by atoms with Gasteiger partial charge in [-0.15, -0.1) is 0 Å². The highest BCUT2D eigenvalue weighted by Crippen LogP contribution is 2.56. The number of carbonyl (C=O) groups excluding carboxylic acids is 1. The first-order chi connectivity index (χ1) is 7.88. The van der Waals surface area contributed by atoms with E-state index in [1.54, 1.807) is 6.92 Å². The van der Waals surface area contributed by atoms with Gasteiger partial charge in [-0.25, -0.2) is 0 Å². The molecule has 4 heteroatoms. The van der Waals surface area contributed by atoms with Crippen LogP contribution in [0.1, 0.15) is 59.8 Å². The Labute approximate surface area is 103 Å². The molecule has 2 fully saturated rings. The number of hydrogen-bond acceptors (Lipinski definition) is 4. The Morgan fingerprint density at radius 3 is 2.53 bits per heavy atom. The van der Waals surface area contributed by atoms with Gasteiger partial charge < -0.3 is 4.74 Å². The normalized spacial score (nSPS) is 44.9. The van der Waals surface area contributed by atoms with Crippen LogP contribution in [0.25, 0.3) is 0 Å². The van der Waals surface area contributed by atoms with Crippen molar-refractivity contribution in [1.82, 2.24) is 0 Å². The van der Waals surface area contributed by atoms with Crippen molar-refractivity contribution in [1.29, 1.82) is 0 Å². The summed E-state index contributed by atoms with van der Waals surface area (Å²) in [5.74, 6) is -1.47. The Morgan fingerprint density at radius 1 is 1.24 bits per heavy atom. The van der Waals surface area contributed by atoms with Crippen LogP contribution >= 0.6 is 0 Å². The van der Waals surface area contributed by atoms with Crippen molar-refractivity contribution >= 4 is 5.78 Å². The number of hydrogen-bond donors (Lipinski definition) is 0. The maximum Gasteiger partial charge on any atom is 0.214 e. The summed E-state index contributed by atoms with van der Waals surface area (Å²) in [6, 6.07) is 0. The molecule has 2 saturated heterocycles. The molecule has 0 radical (unpaired) electrons. The van der Waals surface area contributed by atoms with Gasteiger partial charge in [-0.2, -0.15) is 9.78 Å². The van der Waals surface area contributed by atoms with Crippen LogP contribution in [0.15, 0.2) is 0 Å². The zero-order valence-corrected chi connectivity index (χ0v) is 11.2. The monoisotopic (exact) mass is 242 g/mol. The van der Waals surface area contributed by atoms with Gasteiger partial charge in [-0.3, -0.25) is 4.79 Å². The molecule has 0 aliphatic carbocycles. The Kier molecular flexibility index (Phi) is 3.09. The van der Waals surface area contributed by atoms with Gasteiger partial charge in [0.25, 0.3) is 0 Å². The predicted molar refractivity (Wildman–Crippen MR) is 61.9 cm³/mol. The number of Topliss-reactive ketones (excluding diaryl/α,β-unsaturated/α-hetero) is 1. The average molecular weight is 242 g/mol. The van der Waals surface area contributed by atoms with Crippen molar-refractivity contribution in [3.8, 4) is 0 Å². The molecular weight excluding hydrogens is 220 g/mol. The Hall–Kier alpha value is -0.450. The maximum absolute atomic E-state index is 12.1. The summed E-state index contributed by atoms with van der Waals surface area (Å²) in [5.41, 5.74) is -0.557. The zero-order valence-electron chi connectivity index (χ0n) is 11.2. The lowest BCUT2D eigenvalue weighted by molar-refractivity contribution is -0.351. The second-order valence-corrected chi connectivity index (χ2v) is 5.59.